The van der Waals surface area contributed by atoms with Gasteiger partial charge in [0.15, 0.2) is 0 Å². The first-order valence-corrected chi connectivity index (χ1v) is 8.66. The van der Waals surface area contributed by atoms with Gasteiger partial charge in [-0.2, -0.15) is 0 Å². The molecule has 0 saturated carbocycles. The maximum Gasteiger partial charge on any atom is 0.255 e. The van der Waals surface area contributed by atoms with Crippen molar-refractivity contribution in [3.8, 4) is 0 Å². The summed E-state index contributed by atoms with van der Waals surface area (Å²) in [5, 5.41) is 4.96. The molecule has 0 fully saturated rings. The molecule has 4 nitrogen and oxygen atoms in total. The zero-order valence-corrected chi connectivity index (χ0v) is 15.6. The van der Waals surface area contributed by atoms with E-state index in [1.54, 1.807) is 43.1 Å². The molecule has 0 bridgehead atoms. The van der Waals surface area contributed by atoms with Crippen LogP contribution in [0, 0.1) is 12.7 Å². The molecule has 1 heterocycles. The van der Waals surface area contributed by atoms with Crippen molar-refractivity contribution in [2.24, 2.45) is 0 Å². The summed E-state index contributed by atoms with van der Waals surface area (Å²) in [5.74, 6) is 0.0761. The SMILES string of the molecule is CCN(C)C(=O)c1cnc(Nc2cccc(F)c2C)c2cccc(Cl)c12. The van der Waals surface area contributed by atoms with Crippen molar-refractivity contribution in [3.05, 3.63) is 64.6 Å². The van der Waals surface area contributed by atoms with Gasteiger partial charge < -0.3 is 10.2 Å². The maximum atomic E-state index is 13.8. The molecule has 3 aromatic rings. The zero-order valence-electron chi connectivity index (χ0n) is 14.8. The fourth-order valence-corrected chi connectivity index (χ4v) is 3.02. The lowest BCUT2D eigenvalue weighted by molar-refractivity contribution is 0.0804. The first-order valence-electron chi connectivity index (χ1n) is 8.28. The van der Waals surface area contributed by atoms with Crippen molar-refractivity contribution in [1.82, 2.24) is 9.88 Å². The van der Waals surface area contributed by atoms with Crippen LogP contribution < -0.4 is 5.32 Å². The van der Waals surface area contributed by atoms with Gasteiger partial charge in [-0.15, -0.1) is 0 Å². The number of carbonyl (C=O) groups excluding carboxylic acids is 1. The van der Waals surface area contributed by atoms with Gasteiger partial charge in [0, 0.05) is 46.8 Å². The predicted molar refractivity (Wildman–Crippen MR) is 104 cm³/mol. The van der Waals surface area contributed by atoms with E-state index in [0.717, 1.165) is 0 Å². The average Bonchev–Trinajstić information content (AvgIpc) is 2.64. The van der Waals surface area contributed by atoms with Gasteiger partial charge >= 0.3 is 0 Å². The molecule has 0 aliphatic heterocycles. The molecule has 0 aliphatic carbocycles. The van der Waals surface area contributed by atoms with E-state index in [-0.39, 0.29) is 11.7 Å². The van der Waals surface area contributed by atoms with Crippen LogP contribution in [0.5, 0.6) is 0 Å². The second-order valence-electron chi connectivity index (χ2n) is 6.04. The second kappa shape index (κ2) is 7.30. The van der Waals surface area contributed by atoms with E-state index in [2.05, 4.69) is 10.3 Å². The Balaban J connectivity index is 2.16. The number of benzene rings is 2. The Kier molecular flexibility index (Phi) is 5.09. The Hall–Kier alpha value is -2.66. The van der Waals surface area contributed by atoms with Crippen molar-refractivity contribution in [2.75, 3.05) is 18.9 Å². The fourth-order valence-electron chi connectivity index (χ4n) is 2.74. The third-order valence-corrected chi connectivity index (χ3v) is 4.75. The van der Waals surface area contributed by atoms with Crippen molar-refractivity contribution >= 4 is 39.8 Å². The van der Waals surface area contributed by atoms with Gasteiger partial charge in [0.05, 0.1) is 5.56 Å². The summed E-state index contributed by atoms with van der Waals surface area (Å²) in [4.78, 5) is 18.7. The maximum absolute atomic E-state index is 13.8. The molecule has 2 aromatic carbocycles. The Bertz CT molecular complexity index is 990. The molecule has 0 aliphatic rings. The van der Waals surface area contributed by atoms with Crippen LogP contribution in [0.2, 0.25) is 5.02 Å². The largest absolute Gasteiger partial charge is 0.342 e. The summed E-state index contributed by atoms with van der Waals surface area (Å²) >= 11 is 6.40. The number of hydrogen-bond donors (Lipinski definition) is 1. The first kappa shape index (κ1) is 18.1. The standard InChI is InChI=1S/C20H19ClFN3O/c1-4-25(3)20(26)14-11-23-19(13-7-5-8-15(21)18(13)14)24-17-10-6-9-16(22)12(17)2/h5-11H,4H2,1-3H3,(H,23,24). The summed E-state index contributed by atoms with van der Waals surface area (Å²) in [6.07, 6.45) is 1.51. The van der Waals surface area contributed by atoms with Crippen LogP contribution in [0.3, 0.4) is 0 Å². The van der Waals surface area contributed by atoms with Gasteiger partial charge in [-0.05, 0) is 32.0 Å². The summed E-state index contributed by atoms with van der Waals surface area (Å²) in [6, 6.07) is 10.2. The number of halogens is 2. The highest BCUT2D eigenvalue weighted by atomic mass is 35.5. The molecule has 26 heavy (non-hydrogen) atoms. The van der Waals surface area contributed by atoms with Gasteiger partial charge in [0.1, 0.15) is 11.6 Å². The highest BCUT2D eigenvalue weighted by Crippen LogP contribution is 2.33. The fraction of sp³-hybridized carbons (Fsp3) is 0.200. The zero-order chi connectivity index (χ0) is 18.8. The van der Waals surface area contributed by atoms with E-state index in [1.165, 1.54) is 12.3 Å². The topological polar surface area (TPSA) is 45.2 Å². The van der Waals surface area contributed by atoms with Crippen molar-refractivity contribution in [2.45, 2.75) is 13.8 Å². The molecule has 6 heteroatoms. The minimum absolute atomic E-state index is 0.147. The Morgan fingerprint density at radius 3 is 2.73 bits per heavy atom. The lowest BCUT2D eigenvalue weighted by atomic mass is 10.1. The molecule has 3 rings (SSSR count). The van der Waals surface area contributed by atoms with Gasteiger partial charge in [0.25, 0.3) is 5.91 Å². The number of carbonyl (C=O) groups is 1. The minimum atomic E-state index is -0.297. The minimum Gasteiger partial charge on any atom is -0.342 e. The highest BCUT2D eigenvalue weighted by molar-refractivity contribution is 6.37. The number of pyridine rings is 1. The number of aromatic nitrogens is 1. The summed E-state index contributed by atoms with van der Waals surface area (Å²) in [7, 11) is 1.73. The van der Waals surface area contributed by atoms with Crippen LogP contribution in [0.15, 0.2) is 42.6 Å². The number of hydrogen-bond acceptors (Lipinski definition) is 3. The van der Waals surface area contributed by atoms with Crippen LogP contribution in [-0.2, 0) is 0 Å². The quantitative estimate of drug-likeness (QED) is 0.688. The molecule has 0 atom stereocenters. The van der Waals surface area contributed by atoms with E-state index in [1.807, 2.05) is 13.0 Å². The monoisotopic (exact) mass is 371 g/mol. The van der Waals surface area contributed by atoms with E-state index >= 15 is 0 Å². The van der Waals surface area contributed by atoms with Crippen molar-refractivity contribution in [3.63, 3.8) is 0 Å². The molecular weight excluding hydrogens is 353 g/mol. The van der Waals surface area contributed by atoms with Crippen LogP contribution in [-0.4, -0.2) is 29.4 Å². The summed E-state index contributed by atoms with van der Waals surface area (Å²) < 4.78 is 13.8. The molecule has 1 aromatic heterocycles. The van der Waals surface area contributed by atoms with Crippen LogP contribution in [0.25, 0.3) is 10.8 Å². The molecule has 0 unspecified atom stereocenters. The number of anilines is 2. The Labute approximate surface area is 156 Å². The molecule has 0 radical (unpaired) electrons. The summed E-state index contributed by atoms with van der Waals surface area (Å²) in [5.41, 5.74) is 1.55. The van der Waals surface area contributed by atoms with Gasteiger partial charge in [0.2, 0.25) is 0 Å². The van der Waals surface area contributed by atoms with Crippen molar-refractivity contribution < 1.29 is 9.18 Å². The molecule has 0 spiro atoms. The Morgan fingerprint density at radius 2 is 2.00 bits per heavy atom. The highest BCUT2D eigenvalue weighted by Gasteiger charge is 2.19. The third-order valence-electron chi connectivity index (χ3n) is 4.43. The number of rotatable bonds is 4. The second-order valence-corrected chi connectivity index (χ2v) is 6.45. The molecular formula is C20H19ClFN3O. The number of nitrogens with zero attached hydrogens (tertiary/aromatic N) is 2. The summed E-state index contributed by atoms with van der Waals surface area (Å²) in [6.45, 7) is 4.17. The molecule has 1 N–H and O–H groups in total. The number of fused-ring (bicyclic) bond motifs is 1. The molecule has 0 saturated heterocycles. The van der Waals surface area contributed by atoms with Crippen LogP contribution in [0.4, 0.5) is 15.9 Å². The van der Waals surface area contributed by atoms with Gasteiger partial charge in [-0.3, -0.25) is 4.79 Å². The normalized spacial score (nSPS) is 10.8. The van der Waals surface area contributed by atoms with Gasteiger partial charge in [-0.1, -0.05) is 29.8 Å². The Morgan fingerprint density at radius 1 is 1.27 bits per heavy atom. The van der Waals surface area contributed by atoms with E-state index < -0.39 is 0 Å². The van der Waals surface area contributed by atoms with Gasteiger partial charge in [-0.25, -0.2) is 9.37 Å². The molecule has 1 amide bonds. The smallest absolute Gasteiger partial charge is 0.255 e. The van der Waals surface area contributed by atoms with E-state index in [4.69, 9.17) is 11.6 Å². The number of amides is 1. The molecule has 134 valence electrons. The van der Waals surface area contributed by atoms with Crippen LogP contribution >= 0.6 is 11.6 Å². The van der Waals surface area contributed by atoms with E-state index in [0.29, 0.717) is 45.0 Å². The van der Waals surface area contributed by atoms with Crippen LogP contribution in [0.1, 0.15) is 22.8 Å². The van der Waals surface area contributed by atoms with Crippen molar-refractivity contribution in [1.29, 1.82) is 0 Å². The average molecular weight is 372 g/mol. The first-order chi connectivity index (χ1) is 12.4. The lowest BCUT2D eigenvalue weighted by Crippen LogP contribution is -2.26. The number of nitrogens with one attached hydrogen (secondary N) is 1. The third kappa shape index (κ3) is 3.22. The predicted octanol–water partition coefficient (Wildman–Crippen LogP) is 5.17. The lowest BCUT2D eigenvalue weighted by Gasteiger charge is -2.18. The van der Waals surface area contributed by atoms with E-state index in [9.17, 15) is 9.18 Å².